The van der Waals surface area contributed by atoms with Crippen LogP contribution in [0.25, 0.3) is 10.9 Å². The number of hydrogen-bond acceptors (Lipinski definition) is 5. The van der Waals surface area contributed by atoms with Gasteiger partial charge in [0, 0.05) is 46.3 Å². The number of aromatic nitrogens is 1. The van der Waals surface area contributed by atoms with E-state index in [0.717, 1.165) is 46.1 Å². The molecule has 1 N–H and O–H groups in total. The van der Waals surface area contributed by atoms with Crippen LogP contribution in [0.4, 0.5) is 5.69 Å². The molecule has 0 saturated carbocycles. The van der Waals surface area contributed by atoms with Gasteiger partial charge in [0.1, 0.15) is 0 Å². The van der Waals surface area contributed by atoms with Gasteiger partial charge in [0.25, 0.3) is 5.91 Å². The van der Waals surface area contributed by atoms with E-state index >= 15 is 0 Å². The molecule has 0 radical (unpaired) electrons. The zero-order valence-electron chi connectivity index (χ0n) is 18.2. The first kappa shape index (κ1) is 22.4. The fourth-order valence-electron chi connectivity index (χ4n) is 4.02. The topological polar surface area (TPSA) is 71.5 Å². The van der Waals surface area contributed by atoms with E-state index in [0.29, 0.717) is 24.2 Å². The number of amides is 1. The number of halogens is 1. The van der Waals surface area contributed by atoms with Crippen molar-refractivity contribution in [3.8, 4) is 0 Å². The van der Waals surface area contributed by atoms with E-state index in [1.54, 1.807) is 12.1 Å². The van der Waals surface area contributed by atoms with Crippen molar-refractivity contribution in [3.05, 3.63) is 69.8 Å². The van der Waals surface area contributed by atoms with E-state index in [-0.39, 0.29) is 5.91 Å². The maximum Gasteiger partial charge on any atom is 0.340 e. The van der Waals surface area contributed by atoms with Gasteiger partial charge in [-0.1, -0.05) is 48.0 Å². The fraction of sp³-hybridized carbons (Fsp3) is 0.320. The number of likely N-dealkylation sites (N-methyl/N-ethyl adjacent to an activating group) is 1. The summed E-state index contributed by atoms with van der Waals surface area (Å²) in [7, 11) is 0. The largest absolute Gasteiger partial charge is 0.449 e. The van der Waals surface area contributed by atoms with Gasteiger partial charge in [-0.15, -0.1) is 0 Å². The Morgan fingerprint density at radius 2 is 1.91 bits per heavy atom. The van der Waals surface area contributed by atoms with Crippen molar-refractivity contribution in [1.82, 2.24) is 9.88 Å². The highest BCUT2D eigenvalue weighted by Gasteiger charge is 2.29. The summed E-state index contributed by atoms with van der Waals surface area (Å²) >= 11 is 3.38. The standard InChI is InChI=1S/C25H26BrN3O3/c1-3-22(24(30)27-17-11-9-16(26)10-12-17)32-25(31)23-18-7-5-6-8-20(18)28-21-13-14-29(4-2)15-19(21)23/h5-12,22H,3-4,13-15H2,1-2H3,(H,27,30). The minimum Gasteiger partial charge on any atom is -0.449 e. The molecule has 0 saturated heterocycles. The highest BCUT2D eigenvalue weighted by Crippen LogP contribution is 2.29. The molecule has 0 bridgehead atoms. The first-order valence-electron chi connectivity index (χ1n) is 10.9. The van der Waals surface area contributed by atoms with Gasteiger partial charge in [-0.05, 0) is 43.3 Å². The molecule has 1 atom stereocenters. The average Bonchev–Trinajstić information content (AvgIpc) is 2.81. The Morgan fingerprint density at radius 1 is 1.16 bits per heavy atom. The summed E-state index contributed by atoms with van der Waals surface area (Å²) in [5, 5.41) is 3.60. The summed E-state index contributed by atoms with van der Waals surface area (Å²) in [6.45, 7) is 6.40. The van der Waals surface area contributed by atoms with Crippen LogP contribution in [0, 0.1) is 0 Å². The van der Waals surface area contributed by atoms with E-state index in [2.05, 4.69) is 33.1 Å². The zero-order chi connectivity index (χ0) is 22.7. The average molecular weight is 496 g/mol. The van der Waals surface area contributed by atoms with Crippen LogP contribution in [0.1, 0.15) is 41.9 Å². The highest BCUT2D eigenvalue weighted by molar-refractivity contribution is 9.10. The molecule has 2 heterocycles. The van der Waals surface area contributed by atoms with Gasteiger partial charge in [-0.3, -0.25) is 14.7 Å². The summed E-state index contributed by atoms with van der Waals surface area (Å²) in [5.74, 6) is -0.818. The third-order valence-corrected chi connectivity index (χ3v) is 6.33. The van der Waals surface area contributed by atoms with Gasteiger partial charge in [0.2, 0.25) is 0 Å². The minimum absolute atomic E-state index is 0.342. The molecular weight excluding hydrogens is 470 g/mol. The second kappa shape index (κ2) is 9.79. The van der Waals surface area contributed by atoms with Crippen LogP contribution in [-0.2, 0) is 22.5 Å². The Morgan fingerprint density at radius 3 is 2.62 bits per heavy atom. The van der Waals surface area contributed by atoms with Crippen molar-refractivity contribution < 1.29 is 14.3 Å². The molecular formula is C25H26BrN3O3. The van der Waals surface area contributed by atoms with Crippen LogP contribution in [-0.4, -0.2) is 41.0 Å². The number of esters is 1. The number of benzene rings is 2. The van der Waals surface area contributed by atoms with E-state index in [1.165, 1.54) is 0 Å². The lowest BCUT2D eigenvalue weighted by Crippen LogP contribution is -2.35. The maximum atomic E-state index is 13.4. The van der Waals surface area contributed by atoms with Gasteiger partial charge >= 0.3 is 5.97 Å². The molecule has 7 heteroatoms. The molecule has 1 unspecified atom stereocenters. The quantitative estimate of drug-likeness (QED) is 0.489. The number of anilines is 1. The zero-order valence-corrected chi connectivity index (χ0v) is 19.8. The molecule has 2 aromatic carbocycles. The molecule has 32 heavy (non-hydrogen) atoms. The Bertz CT molecular complexity index is 1150. The predicted octanol–water partition coefficient (Wildman–Crippen LogP) is 4.95. The van der Waals surface area contributed by atoms with Gasteiger partial charge in [-0.2, -0.15) is 0 Å². The molecule has 3 aromatic rings. The van der Waals surface area contributed by atoms with Gasteiger partial charge < -0.3 is 10.1 Å². The van der Waals surface area contributed by atoms with Crippen molar-refractivity contribution in [2.45, 2.75) is 39.3 Å². The molecule has 1 aliphatic rings. The van der Waals surface area contributed by atoms with Crippen LogP contribution in [0.2, 0.25) is 0 Å². The third kappa shape index (κ3) is 4.69. The normalized spacial score (nSPS) is 14.6. The van der Waals surface area contributed by atoms with Crippen molar-refractivity contribution in [2.24, 2.45) is 0 Å². The molecule has 4 rings (SSSR count). The number of nitrogens with one attached hydrogen (secondary N) is 1. The number of fused-ring (bicyclic) bond motifs is 2. The number of carbonyl (C=O) groups is 2. The Balaban J connectivity index is 1.63. The number of pyridine rings is 1. The molecule has 1 aromatic heterocycles. The van der Waals surface area contributed by atoms with Crippen LogP contribution < -0.4 is 5.32 Å². The second-order valence-electron chi connectivity index (χ2n) is 7.85. The van der Waals surface area contributed by atoms with E-state index in [1.807, 2.05) is 43.3 Å². The van der Waals surface area contributed by atoms with Gasteiger partial charge in [0.05, 0.1) is 11.1 Å². The third-order valence-electron chi connectivity index (χ3n) is 5.80. The van der Waals surface area contributed by atoms with E-state index in [9.17, 15) is 9.59 Å². The van der Waals surface area contributed by atoms with Crippen LogP contribution >= 0.6 is 15.9 Å². The number of para-hydroxylation sites is 1. The fourth-order valence-corrected chi connectivity index (χ4v) is 4.28. The van der Waals surface area contributed by atoms with Crippen LogP contribution in [0.5, 0.6) is 0 Å². The van der Waals surface area contributed by atoms with Crippen molar-refractivity contribution >= 4 is 44.4 Å². The summed E-state index contributed by atoms with van der Waals surface area (Å²) in [6, 6.07) is 14.9. The lowest BCUT2D eigenvalue weighted by Gasteiger charge is -2.29. The van der Waals surface area contributed by atoms with Crippen molar-refractivity contribution in [2.75, 3.05) is 18.4 Å². The molecule has 0 spiro atoms. The molecule has 0 aliphatic carbocycles. The monoisotopic (exact) mass is 495 g/mol. The highest BCUT2D eigenvalue weighted by atomic mass is 79.9. The Hall–Kier alpha value is -2.77. The number of rotatable bonds is 6. The van der Waals surface area contributed by atoms with E-state index in [4.69, 9.17) is 9.72 Å². The van der Waals surface area contributed by atoms with Crippen LogP contribution in [0.15, 0.2) is 53.0 Å². The second-order valence-corrected chi connectivity index (χ2v) is 8.76. The molecule has 1 aliphatic heterocycles. The lowest BCUT2D eigenvalue weighted by atomic mass is 9.95. The predicted molar refractivity (Wildman–Crippen MR) is 129 cm³/mol. The van der Waals surface area contributed by atoms with Crippen molar-refractivity contribution in [1.29, 1.82) is 0 Å². The van der Waals surface area contributed by atoms with Crippen molar-refractivity contribution in [3.63, 3.8) is 0 Å². The van der Waals surface area contributed by atoms with Gasteiger partial charge in [-0.25, -0.2) is 4.79 Å². The van der Waals surface area contributed by atoms with Gasteiger partial charge in [0.15, 0.2) is 6.10 Å². The number of hydrogen-bond donors (Lipinski definition) is 1. The summed E-state index contributed by atoms with van der Waals surface area (Å²) in [4.78, 5) is 33.4. The number of ether oxygens (including phenoxy) is 1. The molecule has 1 amide bonds. The lowest BCUT2D eigenvalue weighted by molar-refractivity contribution is -0.124. The summed E-state index contributed by atoms with van der Waals surface area (Å²) < 4.78 is 6.70. The number of nitrogens with zero attached hydrogens (tertiary/aromatic N) is 2. The molecule has 166 valence electrons. The first-order chi connectivity index (χ1) is 15.5. The first-order valence-corrected chi connectivity index (χ1v) is 11.7. The summed E-state index contributed by atoms with van der Waals surface area (Å²) in [5.41, 5.74) is 3.80. The smallest absolute Gasteiger partial charge is 0.340 e. The van der Waals surface area contributed by atoms with E-state index < -0.39 is 12.1 Å². The Kier molecular flexibility index (Phi) is 6.86. The van der Waals surface area contributed by atoms with Crippen LogP contribution in [0.3, 0.4) is 0 Å². The number of carbonyl (C=O) groups excluding carboxylic acids is 2. The Labute approximate surface area is 196 Å². The summed E-state index contributed by atoms with van der Waals surface area (Å²) in [6.07, 6.45) is 0.273. The minimum atomic E-state index is -0.889. The molecule has 6 nitrogen and oxygen atoms in total. The molecule has 0 fully saturated rings. The SMILES string of the molecule is CCC(OC(=O)c1c2c(nc3ccccc13)CCN(CC)C2)C(=O)Nc1ccc(Br)cc1. The maximum absolute atomic E-state index is 13.4.